The smallest absolute Gasteiger partial charge is 0.235 e. The molecule has 1 aromatic carbocycles. The molecule has 0 radical (unpaired) electrons. The fraction of sp³-hybridized carbons (Fsp3) is 0.375. The van der Waals surface area contributed by atoms with Gasteiger partial charge in [-0.25, -0.2) is 0 Å². The van der Waals surface area contributed by atoms with Crippen molar-refractivity contribution >= 4 is 5.91 Å². The minimum atomic E-state index is -0.284. The van der Waals surface area contributed by atoms with Crippen molar-refractivity contribution in [1.29, 1.82) is 0 Å². The van der Waals surface area contributed by atoms with E-state index >= 15 is 0 Å². The van der Waals surface area contributed by atoms with Gasteiger partial charge in [0.05, 0.1) is 11.7 Å². The summed E-state index contributed by atoms with van der Waals surface area (Å²) in [6.45, 7) is 5.16. The molecule has 0 fully saturated rings. The van der Waals surface area contributed by atoms with Gasteiger partial charge in [-0.1, -0.05) is 29.4 Å². The molecule has 2 N–H and O–H groups in total. The molecule has 1 aliphatic rings. The molecule has 0 aliphatic carbocycles. The maximum Gasteiger partial charge on any atom is 0.235 e. The zero-order chi connectivity index (χ0) is 15.0. The highest BCUT2D eigenvalue weighted by Crippen LogP contribution is 2.26. The lowest BCUT2D eigenvalue weighted by molar-refractivity contribution is -0.124. The van der Waals surface area contributed by atoms with E-state index in [2.05, 4.69) is 22.2 Å². The van der Waals surface area contributed by atoms with Crippen molar-refractivity contribution in [3.05, 3.63) is 52.4 Å². The predicted molar refractivity (Wildman–Crippen MR) is 78.4 cm³/mol. The monoisotopic (exact) mass is 285 g/mol. The van der Waals surface area contributed by atoms with Gasteiger partial charge in [0.1, 0.15) is 5.76 Å². The minimum Gasteiger partial charge on any atom is -0.368 e. The highest BCUT2D eigenvalue weighted by atomic mass is 16.5. The molecular formula is C16H19N3O2. The molecule has 5 heteroatoms. The largest absolute Gasteiger partial charge is 0.368 e. The Bertz CT molecular complexity index is 658. The summed E-state index contributed by atoms with van der Waals surface area (Å²) in [4.78, 5) is 13.9. The molecule has 21 heavy (non-hydrogen) atoms. The first-order valence-corrected chi connectivity index (χ1v) is 7.08. The van der Waals surface area contributed by atoms with Gasteiger partial charge in [0.2, 0.25) is 5.91 Å². The third-order valence-corrected chi connectivity index (χ3v) is 4.22. The standard InChI is InChI=1S/C16H19N3O2/c1-10-14(11(2)21-18-10)9-19-8-13-6-4-3-5-12(13)7-15(19)16(17)20/h3-6,15H,7-9H2,1-2H3,(H2,17,20)/t15-/m1/s1. The number of amides is 1. The maximum absolute atomic E-state index is 11.8. The summed E-state index contributed by atoms with van der Waals surface area (Å²) in [5.41, 5.74) is 9.97. The molecule has 0 spiro atoms. The second kappa shape index (κ2) is 5.33. The van der Waals surface area contributed by atoms with Gasteiger partial charge in [0.15, 0.2) is 0 Å². The number of primary amides is 1. The molecule has 0 unspecified atom stereocenters. The Morgan fingerprint density at radius 2 is 2.10 bits per heavy atom. The first kappa shape index (κ1) is 13.8. The Kier molecular flexibility index (Phi) is 3.51. The third kappa shape index (κ3) is 2.56. The highest BCUT2D eigenvalue weighted by Gasteiger charge is 2.31. The van der Waals surface area contributed by atoms with Crippen LogP contribution in [0.1, 0.15) is 28.1 Å². The zero-order valence-corrected chi connectivity index (χ0v) is 12.3. The van der Waals surface area contributed by atoms with Crippen LogP contribution in [0.3, 0.4) is 0 Å². The van der Waals surface area contributed by atoms with Gasteiger partial charge in [-0.05, 0) is 31.4 Å². The van der Waals surface area contributed by atoms with Gasteiger partial charge in [-0.3, -0.25) is 9.69 Å². The van der Waals surface area contributed by atoms with Crippen LogP contribution in [0.4, 0.5) is 0 Å². The van der Waals surface area contributed by atoms with Crippen LogP contribution in [0.15, 0.2) is 28.8 Å². The molecule has 5 nitrogen and oxygen atoms in total. The van der Waals surface area contributed by atoms with Crippen molar-refractivity contribution in [1.82, 2.24) is 10.1 Å². The molecule has 1 aromatic heterocycles. The van der Waals surface area contributed by atoms with E-state index in [0.717, 1.165) is 17.0 Å². The fourth-order valence-electron chi connectivity index (χ4n) is 2.95. The molecule has 1 aliphatic heterocycles. The molecular weight excluding hydrogens is 266 g/mol. The van der Waals surface area contributed by atoms with Crippen LogP contribution in [0.2, 0.25) is 0 Å². The molecule has 3 rings (SSSR count). The number of hydrogen-bond acceptors (Lipinski definition) is 4. The second-order valence-electron chi connectivity index (χ2n) is 5.60. The van der Waals surface area contributed by atoms with Crippen LogP contribution in [0.25, 0.3) is 0 Å². The van der Waals surface area contributed by atoms with Crippen LogP contribution < -0.4 is 5.73 Å². The summed E-state index contributed by atoms with van der Waals surface area (Å²) in [7, 11) is 0. The second-order valence-corrected chi connectivity index (χ2v) is 5.60. The quantitative estimate of drug-likeness (QED) is 0.931. The fourth-order valence-corrected chi connectivity index (χ4v) is 2.95. The summed E-state index contributed by atoms with van der Waals surface area (Å²) in [5, 5.41) is 3.98. The van der Waals surface area contributed by atoms with Crippen molar-refractivity contribution in [3.63, 3.8) is 0 Å². The van der Waals surface area contributed by atoms with E-state index in [9.17, 15) is 4.79 Å². The Morgan fingerprint density at radius 3 is 2.71 bits per heavy atom. The first-order chi connectivity index (χ1) is 10.1. The zero-order valence-electron chi connectivity index (χ0n) is 12.3. The Labute approximate surface area is 123 Å². The van der Waals surface area contributed by atoms with Crippen molar-refractivity contribution in [2.24, 2.45) is 5.73 Å². The van der Waals surface area contributed by atoms with E-state index in [1.165, 1.54) is 11.1 Å². The molecule has 0 bridgehead atoms. The van der Waals surface area contributed by atoms with Crippen molar-refractivity contribution < 1.29 is 9.32 Å². The van der Waals surface area contributed by atoms with Crippen molar-refractivity contribution in [2.45, 2.75) is 39.4 Å². The van der Waals surface area contributed by atoms with Gasteiger partial charge >= 0.3 is 0 Å². The van der Waals surface area contributed by atoms with Gasteiger partial charge < -0.3 is 10.3 Å². The molecule has 0 saturated heterocycles. The van der Waals surface area contributed by atoms with E-state index in [1.807, 2.05) is 26.0 Å². The van der Waals surface area contributed by atoms with Gasteiger partial charge in [-0.2, -0.15) is 0 Å². The summed E-state index contributed by atoms with van der Waals surface area (Å²) in [6.07, 6.45) is 0.662. The van der Waals surface area contributed by atoms with Crippen LogP contribution >= 0.6 is 0 Å². The lowest BCUT2D eigenvalue weighted by Gasteiger charge is -2.35. The topological polar surface area (TPSA) is 72.4 Å². The average molecular weight is 285 g/mol. The van der Waals surface area contributed by atoms with E-state index in [4.69, 9.17) is 10.3 Å². The first-order valence-electron chi connectivity index (χ1n) is 7.08. The van der Waals surface area contributed by atoms with E-state index in [1.54, 1.807) is 0 Å². The Hall–Kier alpha value is -2.14. The van der Waals surface area contributed by atoms with Crippen LogP contribution in [-0.4, -0.2) is 22.0 Å². The minimum absolute atomic E-state index is 0.281. The summed E-state index contributed by atoms with van der Waals surface area (Å²) >= 11 is 0. The van der Waals surface area contributed by atoms with Gasteiger partial charge in [0, 0.05) is 18.7 Å². The van der Waals surface area contributed by atoms with E-state index in [0.29, 0.717) is 19.5 Å². The molecule has 2 aromatic rings. The van der Waals surface area contributed by atoms with Crippen molar-refractivity contribution in [3.8, 4) is 0 Å². The summed E-state index contributed by atoms with van der Waals surface area (Å²) < 4.78 is 5.21. The molecule has 2 heterocycles. The molecule has 110 valence electrons. The Morgan fingerprint density at radius 1 is 1.38 bits per heavy atom. The van der Waals surface area contributed by atoms with Gasteiger partial charge in [0.25, 0.3) is 0 Å². The number of nitrogens with zero attached hydrogens (tertiary/aromatic N) is 2. The number of nitrogens with two attached hydrogens (primary N) is 1. The van der Waals surface area contributed by atoms with Crippen LogP contribution in [0.5, 0.6) is 0 Å². The predicted octanol–water partition coefficient (Wildman–Crippen LogP) is 1.70. The number of hydrogen-bond donors (Lipinski definition) is 1. The SMILES string of the molecule is Cc1noc(C)c1CN1Cc2ccccc2C[C@@H]1C(N)=O. The summed E-state index contributed by atoms with van der Waals surface area (Å²) in [5.74, 6) is 0.519. The average Bonchev–Trinajstić information content (AvgIpc) is 2.78. The lowest BCUT2D eigenvalue weighted by Crippen LogP contribution is -2.48. The number of fused-ring (bicyclic) bond motifs is 1. The molecule has 1 atom stereocenters. The summed E-state index contributed by atoms with van der Waals surface area (Å²) in [6, 6.07) is 7.91. The highest BCUT2D eigenvalue weighted by molar-refractivity contribution is 5.80. The third-order valence-electron chi connectivity index (χ3n) is 4.22. The lowest BCUT2D eigenvalue weighted by atomic mass is 9.93. The number of carbonyl (C=O) groups is 1. The number of aryl methyl sites for hydroxylation is 2. The number of carbonyl (C=O) groups excluding carboxylic acids is 1. The van der Waals surface area contributed by atoms with E-state index in [-0.39, 0.29) is 11.9 Å². The van der Waals surface area contributed by atoms with Crippen LogP contribution in [0, 0.1) is 13.8 Å². The number of aromatic nitrogens is 1. The van der Waals surface area contributed by atoms with Gasteiger partial charge in [-0.15, -0.1) is 0 Å². The van der Waals surface area contributed by atoms with Crippen LogP contribution in [-0.2, 0) is 24.3 Å². The van der Waals surface area contributed by atoms with E-state index < -0.39 is 0 Å². The normalized spacial score (nSPS) is 18.5. The Balaban J connectivity index is 1.91. The number of rotatable bonds is 3. The van der Waals surface area contributed by atoms with Crippen molar-refractivity contribution in [2.75, 3.05) is 0 Å². The molecule has 1 amide bonds. The number of benzene rings is 1. The maximum atomic E-state index is 11.8. The molecule has 0 saturated carbocycles.